The fraction of sp³-hybridized carbons (Fsp3) is 0.440. The molecule has 1 atom stereocenters. The Labute approximate surface area is 217 Å². The topological polar surface area (TPSA) is 139 Å². The predicted octanol–water partition coefficient (Wildman–Crippen LogP) is 2.87. The Morgan fingerprint density at radius 2 is 1.81 bits per heavy atom. The summed E-state index contributed by atoms with van der Waals surface area (Å²) < 4.78 is 31.6. The number of amides is 2. The van der Waals surface area contributed by atoms with Gasteiger partial charge < -0.3 is 15.0 Å². The second-order valence-corrected chi connectivity index (χ2v) is 11.1. The van der Waals surface area contributed by atoms with Crippen LogP contribution >= 0.6 is 0 Å². The van der Waals surface area contributed by atoms with Gasteiger partial charge >= 0.3 is 0 Å². The lowest BCUT2D eigenvalue weighted by Gasteiger charge is -2.32. The van der Waals surface area contributed by atoms with Crippen molar-refractivity contribution in [3.8, 4) is 5.75 Å². The number of nitro groups is 1. The molecule has 2 aromatic carbocycles. The summed E-state index contributed by atoms with van der Waals surface area (Å²) in [5.41, 5.74) is 0.819. The van der Waals surface area contributed by atoms with E-state index in [-0.39, 0.29) is 29.7 Å². The maximum absolute atomic E-state index is 13.6. The molecule has 2 aromatic rings. The standard InChI is InChI=1S/C25H34N4O7S/c1-17(2)14-26-25(31)19(4)27(15-20-8-7-9-22(12-20)36-5)24(30)16-28(37(6,34)35)23-13-21(29(32)33)11-10-18(23)3/h7-13,17,19H,14-16H2,1-6H3,(H,26,31). The Kier molecular flexibility index (Phi) is 10.0. The number of rotatable bonds is 12. The first-order valence-corrected chi connectivity index (χ1v) is 13.5. The number of nitrogens with zero attached hydrogens (tertiary/aromatic N) is 3. The maximum Gasteiger partial charge on any atom is 0.271 e. The number of hydrogen-bond donors (Lipinski definition) is 1. The van der Waals surface area contributed by atoms with Crippen LogP contribution in [0, 0.1) is 23.0 Å². The third-order valence-corrected chi connectivity index (χ3v) is 6.82. The van der Waals surface area contributed by atoms with Crippen molar-refractivity contribution < 1.29 is 27.7 Å². The lowest BCUT2D eigenvalue weighted by atomic mass is 10.1. The van der Waals surface area contributed by atoms with Gasteiger partial charge in [-0.05, 0) is 43.0 Å². The Balaban J connectivity index is 2.47. The van der Waals surface area contributed by atoms with Crippen LogP contribution in [0.15, 0.2) is 42.5 Å². The van der Waals surface area contributed by atoms with Crippen molar-refractivity contribution in [2.75, 3.05) is 30.8 Å². The van der Waals surface area contributed by atoms with Crippen LogP contribution < -0.4 is 14.4 Å². The highest BCUT2D eigenvalue weighted by Crippen LogP contribution is 2.28. The maximum atomic E-state index is 13.6. The molecule has 0 saturated carbocycles. The fourth-order valence-corrected chi connectivity index (χ4v) is 4.48. The van der Waals surface area contributed by atoms with E-state index < -0.39 is 33.4 Å². The Bertz CT molecular complexity index is 1250. The molecule has 11 nitrogen and oxygen atoms in total. The van der Waals surface area contributed by atoms with Crippen molar-refractivity contribution in [1.82, 2.24) is 10.2 Å². The second kappa shape index (κ2) is 12.5. The number of non-ortho nitro benzene ring substituents is 1. The van der Waals surface area contributed by atoms with Gasteiger partial charge in [-0.25, -0.2) is 8.42 Å². The summed E-state index contributed by atoms with van der Waals surface area (Å²) in [6.07, 6.45) is 0.920. The van der Waals surface area contributed by atoms with E-state index in [2.05, 4.69) is 5.32 Å². The van der Waals surface area contributed by atoms with E-state index in [0.29, 0.717) is 23.4 Å². The van der Waals surface area contributed by atoms with Crippen molar-refractivity contribution in [2.24, 2.45) is 5.92 Å². The number of anilines is 1. The molecule has 2 amide bonds. The minimum absolute atomic E-state index is 0.0117. The summed E-state index contributed by atoms with van der Waals surface area (Å²) in [6, 6.07) is 9.85. The van der Waals surface area contributed by atoms with Crippen molar-refractivity contribution in [3.63, 3.8) is 0 Å². The van der Waals surface area contributed by atoms with E-state index in [9.17, 15) is 28.1 Å². The number of methoxy groups -OCH3 is 1. The van der Waals surface area contributed by atoms with Gasteiger partial charge in [0.05, 0.1) is 24.0 Å². The molecule has 0 aliphatic carbocycles. The molecule has 0 aromatic heterocycles. The molecular formula is C25H34N4O7S. The van der Waals surface area contributed by atoms with E-state index >= 15 is 0 Å². The first kappa shape index (κ1) is 29.6. The van der Waals surface area contributed by atoms with Crippen LogP contribution in [0.4, 0.5) is 11.4 Å². The average molecular weight is 535 g/mol. The molecule has 202 valence electrons. The molecule has 0 bridgehead atoms. The van der Waals surface area contributed by atoms with Crippen LogP contribution in [0.2, 0.25) is 0 Å². The molecular weight excluding hydrogens is 500 g/mol. The zero-order chi connectivity index (χ0) is 27.9. The molecule has 0 radical (unpaired) electrons. The zero-order valence-electron chi connectivity index (χ0n) is 21.9. The Hall–Kier alpha value is -3.67. The minimum atomic E-state index is -4.02. The van der Waals surface area contributed by atoms with E-state index in [4.69, 9.17) is 4.74 Å². The molecule has 37 heavy (non-hydrogen) atoms. The van der Waals surface area contributed by atoms with Gasteiger partial charge in [-0.15, -0.1) is 0 Å². The van der Waals surface area contributed by atoms with Gasteiger partial charge in [-0.2, -0.15) is 0 Å². The summed E-state index contributed by atoms with van der Waals surface area (Å²) in [4.78, 5) is 38.5. The third-order valence-electron chi connectivity index (χ3n) is 5.69. The Morgan fingerprint density at radius 3 is 2.38 bits per heavy atom. The molecule has 1 unspecified atom stereocenters. The highest BCUT2D eigenvalue weighted by Gasteiger charge is 2.31. The average Bonchev–Trinajstić information content (AvgIpc) is 2.83. The van der Waals surface area contributed by atoms with E-state index in [1.165, 1.54) is 24.1 Å². The number of sulfonamides is 1. The van der Waals surface area contributed by atoms with Crippen molar-refractivity contribution in [1.29, 1.82) is 0 Å². The largest absolute Gasteiger partial charge is 0.497 e. The molecule has 0 aliphatic rings. The van der Waals surface area contributed by atoms with E-state index in [1.807, 2.05) is 13.8 Å². The molecule has 12 heteroatoms. The third kappa shape index (κ3) is 8.17. The summed E-state index contributed by atoms with van der Waals surface area (Å²) in [6.45, 7) is 6.82. The predicted molar refractivity (Wildman–Crippen MR) is 141 cm³/mol. The fourth-order valence-electron chi connectivity index (χ4n) is 3.58. The lowest BCUT2D eigenvalue weighted by Crippen LogP contribution is -2.51. The summed E-state index contributed by atoms with van der Waals surface area (Å²) in [5, 5.41) is 14.1. The van der Waals surface area contributed by atoms with Crippen LogP contribution in [-0.2, 0) is 26.2 Å². The number of hydrogen-bond acceptors (Lipinski definition) is 7. The number of carbonyl (C=O) groups is 2. The molecule has 2 rings (SSSR count). The van der Waals surface area contributed by atoms with Crippen LogP contribution in [-0.4, -0.2) is 62.6 Å². The summed E-state index contributed by atoms with van der Waals surface area (Å²) in [5.74, 6) is -0.281. The minimum Gasteiger partial charge on any atom is -0.497 e. The quantitative estimate of drug-likeness (QED) is 0.326. The zero-order valence-corrected chi connectivity index (χ0v) is 22.7. The van der Waals surface area contributed by atoms with Crippen LogP contribution in [0.25, 0.3) is 0 Å². The van der Waals surface area contributed by atoms with Crippen molar-refractivity contribution in [2.45, 2.75) is 40.3 Å². The van der Waals surface area contributed by atoms with E-state index in [1.54, 1.807) is 38.1 Å². The first-order chi connectivity index (χ1) is 17.2. The van der Waals surface area contributed by atoms with Crippen LogP contribution in [0.3, 0.4) is 0 Å². The lowest BCUT2D eigenvalue weighted by molar-refractivity contribution is -0.384. The van der Waals surface area contributed by atoms with Crippen molar-refractivity contribution >= 4 is 33.2 Å². The molecule has 0 heterocycles. The number of carbonyl (C=O) groups excluding carboxylic acids is 2. The van der Waals surface area contributed by atoms with Crippen LogP contribution in [0.1, 0.15) is 31.9 Å². The van der Waals surface area contributed by atoms with Gasteiger partial charge in [-0.1, -0.05) is 32.0 Å². The van der Waals surface area contributed by atoms with Crippen LogP contribution in [0.5, 0.6) is 5.75 Å². The van der Waals surface area contributed by atoms with Gasteiger partial charge in [0, 0.05) is 25.2 Å². The summed E-state index contributed by atoms with van der Waals surface area (Å²) >= 11 is 0. The van der Waals surface area contributed by atoms with Gasteiger partial charge in [-0.3, -0.25) is 24.0 Å². The van der Waals surface area contributed by atoms with Gasteiger partial charge in [0.15, 0.2) is 0 Å². The first-order valence-electron chi connectivity index (χ1n) is 11.7. The second-order valence-electron chi connectivity index (χ2n) is 9.19. The van der Waals surface area contributed by atoms with Gasteiger partial charge in [0.2, 0.25) is 21.8 Å². The molecule has 0 aliphatic heterocycles. The van der Waals surface area contributed by atoms with Gasteiger partial charge in [0.25, 0.3) is 5.69 Å². The van der Waals surface area contributed by atoms with E-state index in [0.717, 1.165) is 16.6 Å². The number of nitrogens with one attached hydrogen (secondary N) is 1. The summed E-state index contributed by atoms with van der Waals surface area (Å²) in [7, 11) is -2.51. The van der Waals surface area contributed by atoms with Crippen molar-refractivity contribution in [3.05, 3.63) is 63.7 Å². The number of aryl methyl sites for hydroxylation is 1. The molecule has 0 saturated heterocycles. The normalized spacial score (nSPS) is 12.1. The molecule has 1 N–H and O–H groups in total. The highest BCUT2D eigenvalue weighted by molar-refractivity contribution is 7.92. The number of ether oxygens (including phenoxy) is 1. The number of nitro benzene ring substituents is 1. The smallest absolute Gasteiger partial charge is 0.271 e. The molecule has 0 fully saturated rings. The SMILES string of the molecule is COc1cccc(CN(C(=O)CN(c2cc([N+](=O)[O-])ccc2C)S(C)(=O)=O)C(C)C(=O)NCC(C)C)c1. The molecule has 0 spiro atoms. The Morgan fingerprint density at radius 1 is 1.14 bits per heavy atom. The monoisotopic (exact) mass is 534 g/mol. The highest BCUT2D eigenvalue weighted by atomic mass is 32.2. The number of benzene rings is 2. The van der Waals surface area contributed by atoms with Gasteiger partial charge in [0.1, 0.15) is 18.3 Å².